The summed E-state index contributed by atoms with van der Waals surface area (Å²) in [6.07, 6.45) is -0.760. The van der Waals surface area contributed by atoms with E-state index in [4.69, 9.17) is 21.6 Å². The minimum absolute atomic E-state index is 0.0857. The first-order valence-electron chi connectivity index (χ1n) is 8.02. The Morgan fingerprint density at radius 1 is 1.31 bits per heavy atom. The summed E-state index contributed by atoms with van der Waals surface area (Å²) in [5.41, 5.74) is 1.10. The summed E-state index contributed by atoms with van der Waals surface area (Å²) in [6, 6.07) is 15.7. The van der Waals surface area contributed by atoms with E-state index in [9.17, 15) is 9.90 Å². The topological polar surface area (TPSA) is 85.6 Å². The van der Waals surface area contributed by atoms with E-state index in [-0.39, 0.29) is 25.6 Å². The lowest BCUT2D eigenvalue weighted by Crippen LogP contribution is -2.37. The molecule has 0 aliphatic heterocycles. The van der Waals surface area contributed by atoms with Crippen LogP contribution in [-0.2, 0) is 4.79 Å². The molecule has 2 N–H and O–H groups in total. The van der Waals surface area contributed by atoms with Crippen molar-refractivity contribution < 1.29 is 14.6 Å². The second-order valence-electron chi connectivity index (χ2n) is 5.83. The van der Waals surface area contributed by atoms with Gasteiger partial charge in [0.15, 0.2) is 0 Å². The van der Waals surface area contributed by atoms with Gasteiger partial charge in [-0.3, -0.25) is 9.69 Å². The molecule has 0 radical (unpaired) electrons. The highest BCUT2D eigenvalue weighted by Gasteiger charge is 2.13. The molecule has 2 aromatic carbocycles. The van der Waals surface area contributed by atoms with Gasteiger partial charge in [-0.15, -0.1) is 0 Å². The van der Waals surface area contributed by atoms with Gasteiger partial charge in [0.2, 0.25) is 5.91 Å². The van der Waals surface area contributed by atoms with Crippen LogP contribution in [0.15, 0.2) is 48.5 Å². The van der Waals surface area contributed by atoms with E-state index in [2.05, 4.69) is 5.32 Å². The Morgan fingerprint density at radius 2 is 2.00 bits per heavy atom. The Kier molecular flexibility index (Phi) is 7.42. The van der Waals surface area contributed by atoms with E-state index >= 15 is 0 Å². The summed E-state index contributed by atoms with van der Waals surface area (Å²) >= 11 is 6.01. The number of rotatable bonds is 8. The third kappa shape index (κ3) is 6.37. The van der Waals surface area contributed by atoms with E-state index in [0.29, 0.717) is 22.0 Å². The maximum Gasteiger partial charge on any atom is 0.238 e. The molecule has 6 nitrogen and oxygen atoms in total. The predicted octanol–water partition coefficient (Wildman–Crippen LogP) is 2.52. The lowest BCUT2D eigenvalue weighted by Gasteiger charge is -2.20. The number of benzene rings is 2. The number of aliphatic hydroxyl groups excluding tert-OH is 1. The average Bonchev–Trinajstić information content (AvgIpc) is 2.62. The van der Waals surface area contributed by atoms with E-state index in [1.54, 1.807) is 60.5 Å². The molecule has 0 saturated heterocycles. The maximum absolute atomic E-state index is 12.0. The first-order chi connectivity index (χ1) is 12.5. The highest BCUT2D eigenvalue weighted by Crippen LogP contribution is 2.20. The van der Waals surface area contributed by atoms with Crippen LogP contribution in [0.1, 0.15) is 5.56 Å². The van der Waals surface area contributed by atoms with E-state index in [1.807, 2.05) is 6.07 Å². The number of hydrogen-bond donors (Lipinski definition) is 2. The van der Waals surface area contributed by atoms with Gasteiger partial charge in [0.25, 0.3) is 0 Å². The lowest BCUT2D eigenvalue weighted by molar-refractivity contribution is -0.117. The summed E-state index contributed by atoms with van der Waals surface area (Å²) in [5.74, 6) is 0.350. The molecule has 0 bridgehead atoms. The van der Waals surface area contributed by atoms with E-state index in [1.165, 1.54) is 0 Å². The Balaban J connectivity index is 1.74. The molecule has 0 fully saturated rings. The van der Waals surface area contributed by atoms with Gasteiger partial charge in [0.1, 0.15) is 18.5 Å². The van der Waals surface area contributed by atoms with Crippen LogP contribution >= 0.6 is 11.6 Å². The maximum atomic E-state index is 12.0. The standard InChI is InChI=1S/C19H20ClN3O3/c1-23(12-19(25)22-18-5-3-2-4-17(18)20)11-15(24)13-26-16-8-6-14(10-21)7-9-16/h2-9,15,24H,11-13H2,1H3,(H,22,25). The quantitative estimate of drug-likeness (QED) is 0.742. The molecule has 1 atom stereocenters. The fourth-order valence-electron chi connectivity index (χ4n) is 2.29. The zero-order chi connectivity index (χ0) is 18.9. The molecule has 26 heavy (non-hydrogen) atoms. The lowest BCUT2D eigenvalue weighted by atomic mass is 10.2. The van der Waals surface area contributed by atoms with Crippen molar-refractivity contribution in [1.82, 2.24) is 4.90 Å². The van der Waals surface area contributed by atoms with Crippen molar-refractivity contribution in [2.75, 3.05) is 32.1 Å². The molecule has 1 amide bonds. The highest BCUT2D eigenvalue weighted by atomic mass is 35.5. The van der Waals surface area contributed by atoms with Crippen molar-refractivity contribution in [2.24, 2.45) is 0 Å². The normalized spacial score (nSPS) is 11.7. The summed E-state index contributed by atoms with van der Waals surface area (Å²) in [6.45, 7) is 0.466. The molecule has 0 spiro atoms. The molecule has 2 rings (SSSR count). The Morgan fingerprint density at radius 3 is 2.65 bits per heavy atom. The summed E-state index contributed by atoms with van der Waals surface area (Å²) in [4.78, 5) is 13.7. The number of aliphatic hydroxyl groups is 1. The molecular formula is C19H20ClN3O3. The van der Waals surface area contributed by atoms with Crippen LogP contribution in [-0.4, -0.2) is 48.8 Å². The summed E-state index contributed by atoms with van der Waals surface area (Å²) < 4.78 is 5.48. The number of carbonyl (C=O) groups excluding carboxylic acids is 1. The van der Waals surface area contributed by atoms with Crippen LogP contribution in [0, 0.1) is 11.3 Å². The first kappa shape index (κ1) is 19.7. The van der Waals surface area contributed by atoms with Gasteiger partial charge in [-0.25, -0.2) is 0 Å². The molecule has 0 aromatic heterocycles. The third-order valence-electron chi connectivity index (χ3n) is 3.51. The van der Waals surface area contributed by atoms with Crippen molar-refractivity contribution in [3.8, 4) is 11.8 Å². The van der Waals surface area contributed by atoms with Gasteiger partial charge in [0, 0.05) is 6.54 Å². The molecule has 0 aliphatic rings. The number of nitriles is 1. The van der Waals surface area contributed by atoms with Crippen molar-refractivity contribution in [1.29, 1.82) is 5.26 Å². The molecule has 0 aliphatic carbocycles. The van der Waals surface area contributed by atoms with Gasteiger partial charge in [-0.2, -0.15) is 5.26 Å². The number of carbonyl (C=O) groups is 1. The monoisotopic (exact) mass is 373 g/mol. The largest absolute Gasteiger partial charge is 0.491 e. The number of para-hydroxylation sites is 1. The average molecular weight is 374 g/mol. The molecular weight excluding hydrogens is 354 g/mol. The van der Waals surface area contributed by atoms with Crippen LogP contribution in [0.2, 0.25) is 5.02 Å². The SMILES string of the molecule is CN(CC(=O)Nc1ccccc1Cl)CC(O)COc1ccc(C#N)cc1. The van der Waals surface area contributed by atoms with Crippen LogP contribution in [0.3, 0.4) is 0 Å². The fourth-order valence-corrected chi connectivity index (χ4v) is 2.48. The molecule has 0 heterocycles. The zero-order valence-corrected chi connectivity index (χ0v) is 15.1. The predicted molar refractivity (Wildman–Crippen MR) is 100 cm³/mol. The van der Waals surface area contributed by atoms with Crippen molar-refractivity contribution in [3.05, 3.63) is 59.1 Å². The smallest absolute Gasteiger partial charge is 0.238 e. The zero-order valence-electron chi connectivity index (χ0n) is 14.4. The number of nitrogens with zero attached hydrogens (tertiary/aromatic N) is 2. The van der Waals surface area contributed by atoms with Crippen LogP contribution < -0.4 is 10.1 Å². The minimum atomic E-state index is -0.760. The van der Waals surface area contributed by atoms with Crippen molar-refractivity contribution >= 4 is 23.2 Å². The number of anilines is 1. The Hall–Kier alpha value is -2.59. The summed E-state index contributed by atoms with van der Waals surface area (Å²) in [7, 11) is 1.73. The van der Waals surface area contributed by atoms with E-state index in [0.717, 1.165) is 0 Å². The van der Waals surface area contributed by atoms with Gasteiger partial charge < -0.3 is 15.2 Å². The van der Waals surface area contributed by atoms with Gasteiger partial charge in [-0.05, 0) is 43.4 Å². The van der Waals surface area contributed by atoms with Gasteiger partial charge in [0.05, 0.1) is 28.9 Å². The van der Waals surface area contributed by atoms with Gasteiger partial charge >= 0.3 is 0 Å². The Bertz CT molecular complexity index is 774. The van der Waals surface area contributed by atoms with Gasteiger partial charge in [-0.1, -0.05) is 23.7 Å². The molecule has 7 heteroatoms. The number of halogens is 1. The van der Waals surface area contributed by atoms with Crippen LogP contribution in [0.4, 0.5) is 5.69 Å². The number of nitrogens with one attached hydrogen (secondary N) is 1. The summed E-state index contributed by atoms with van der Waals surface area (Å²) in [5, 5.41) is 22.0. The highest BCUT2D eigenvalue weighted by molar-refractivity contribution is 6.33. The second-order valence-corrected chi connectivity index (χ2v) is 6.23. The third-order valence-corrected chi connectivity index (χ3v) is 3.84. The Labute approximate surface area is 157 Å². The minimum Gasteiger partial charge on any atom is -0.491 e. The first-order valence-corrected chi connectivity index (χ1v) is 8.39. The number of hydrogen-bond acceptors (Lipinski definition) is 5. The number of ether oxygens (including phenoxy) is 1. The van der Waals surface area contributed by atoms with Crippen molar-refractivity contribution in [2.45, 2.75) is 6.10 Å². The van der Waals surface area contributed by atoms with Crippen LogP contribution in [0.25, 0.3) is 0 Å². The molecule has 0 saturated carbocycles. The van der Waals surface area contributed by atoms with E-state index < -0.39 is 6.10 Å². The van der Waals surface area contributed by atoms with Crippen molar-refractivity contribution in [3.63, 3.8) is 0 Å². The molecule has 136 valence electrons. The molecule has 2 aromatic rings. The number of amides is 1. The fraction of sp³-hybridized carbons (Fsp3) is 0.263. The second kappa shape index (κ2) is 9.78. The molecule has 1 unspecified atom stereocenters. The van der Waals surface area contributed by atoms with Crippen LogP contribution in [0.5, 0.6) is 5.75 Å². The number of likely N-dealkylation sites (N-methyl/N-ethyl adjacent to an activating group) is 1.